The zero-order chi connectivity index (χ0) is 13.9. The predicted octanol–water partition coefficient (Wildman–Crippen LogP) is 2.68. The van der Waals surface area contributed by atoms with Gasteiger partial charge < -0.3 is 10.3 Å². The third-order valence-corrected chi connectivity index (χ3v) is 3.71. The standard InChI is InChI=1S/C13H11FN4OS/c14-10-5-2-1-4-9(10)8-20-13-17-16-12(18(13)15)11-6-3-7-19-11/h1-7H,8,15H2. The van der Waals surface area contributed by atoms with E-state index in [-0.39, 0.29) is 5.82 Å². The van der Waals surface area contributed by atoms with Crippen molar-refractivity contribution in [2.45, 2.75) is 10.9 Å². The van der Waals surface area contributed by atoms with Crippen LogP contribution in [-0.4, -0.2) is 14.9 Å². The molecule has 0 fully saturated rings. The Morgan fingerprint density at radius 3 is 2.80 bits per heavy atom. The first kappa shape index (κ1) is 12.7. The van der Waals surface area contributed by atoms with Crippen LogP contribution < -0.4 is 5.84 Å². The van der Waals surface area contributed by atoms with E-state index in [1.807, 2.05) is 0 Å². The van der Waals surface area contributed by atoms with Gasteiger partial charge in [-0.05, 0) is 23.8 Å². The Bertz CT molecular complexity index is 711. The molecule has 0 saturated carbocycles. The van der Waals surface area contributed by atoms with Crippen molar-refractivity contribution < 1.29 is 8.81 Å². The molecule has 0 spiro atoms. The second-order valence-corrected chi connectivity index (χ2v) is 4.98. The Morgan fingerprint density at radius 1 is 1.20 bits per heavy atom. The molecule has 0 radical (unpaired) electrons. The van der Waals surface area contributed by atoms with Gasteiger partial charge in [0.1, 0.15) is 5.82 Å². The van der Waals surface area contributed by atoms with E-state index in [1.165, 1.54) is 28.8 Å². The van der Waals surface area contributed by atoms with E-state index >= 15 is 0 Å². The van der Waals surface area contributed by atoms with Gasteiger partial charge in [0.25, 0.3) is 0 Å². The number of nitrogen functional groups attached to an aromatic ring is 1. The van der Waals surface area contributed by atoms with Crippen LogP contribution in [0.25, 0.3) is 11.6 Å². The Morgan fingerprint density at radius 2 is 2.05 bits per heavy atom. The zero-order valence-corrected chi connectivity index (χ0v) is 11.2. The van der Waals surface area contributed by atoms with E-state index in [0.29, 0.717) is 28.1 Å². The molecule has 5 nitrogen and oxygen atoms in total. The molecule has 0 atom stereocenters. The fraction of sp³-hybridized carbons (Fsp3) is 0.0769. The van der Waals surface area contributed by atoms with E-state index in [2.05, 4.69) is 10.2 Å². The molecule has 0 saturated heterocycles. The van der Waals surface area contributed by atoms with Crippen LogP contribution in [0.4, 0.5) is 4.39 Å². The number of rotatable bonds is 4. The number of hydrogen-bond donors (Lipinski definition) is 1. The smallest absolute Gasteiger partial charge is 0.218 e. The van der Waals surface area contributed by atoms with Crippen molar-refractivity contribution in [1.82, 2.24) is 14.9 Å². The van der Waals surface area contributed by atoms with Crippen molar-refractivity contribution in [1.29, 1.82) is 0 Å². The van der Waals surface area contributed by atoms with Crippen molar-refractivity contribution >= 4 is 11.8 Å². The van der Waals surface area contributed by atoms with Gasteiger partial charge in [-0.1, -0.05) is 30.0 Å². The summed E-state index contributed by atoms with van der Waals surface area (Å²) in [6, 6.07) is 10.1. The molecular weight excluding hydrogens is 279 g/mol. The van der Waals surface area contributed by atoms with E-state index in [1.54, 1.807) is 30.3 Å². The quantitative estimate of drug-likeness (QED) is 0.591. The van der Waals surface area contributed by atoms with Crippen molar-refractivity contribution in [2.24, 2.45) is 0 Å². The number of furan rings is 1. The molecule has 0 unspecified atom stereocenters. The van der Waals surface area contributed by atoms with E-state index in [0.717, 1.165) is 0 Å². The Kier molecular flexibility index (Phi) is 3.42. The first-order chi connectivity index (χ1) is 9.75. The Balaban J connectivity index is 1.78. The summed E-state index contributed by atoms with van der Waals surface area (Å²) < 4.78 is 20.1. The first-order valence-electron chi connectivity index (χ1n) is 5.86. The summed E-state index contributed by atoms with van der Waals surface area (Å²) in [5, 5.41) is 8.46. The molecular formula is C13H11FN4OS. The maximum atomic E-state index is 13.5. The van der Waals surface area contributed by atoms with Crippen molar-refractivity contribution in [3.05, 3.63) is 54.0 Å². The highest BCUT2D eigenvalue weighted by molar-refractivity contribution is 7.98. The molecule has 0 aliphatic carbocycles. The van der Waals surface area contributed by atoms with Gasteiger partial charge in [-0.15, -0.1) is 10.2 Å². The lowest BCUT2D eigenvalue weighted by Crippen LogP contribution is -2.11. The van der Waals surface area contributed by atoms with Crippen LogP contribution in [-0.2, 0) is 5.75 Å². The van der Waals surface area contributed by atoms with Crippen molar-refractivity contribution in [3.63, 3.8) is 0 Å². The summed E-state index contributed by atoms with van der Waals surface area (Å²) >= 11 is 1.32. The molecule has 0 amide bonds. The second-order valence-electron chi connectivity index (χ2n) is 4.03. The number of aromatic nitrogens is 3. The van der Waals surface area contributed by atoms with Gasteiger partial charge >= 0.3 is 0 Å². The molecule has 0 bridgehead atoms. The molecule has 3 aromatic rings. The molecule has 7 heteroatoms. The fourth-order valence-electron chi connectivity index (χ4n) is 1.71. The summed E-state index contributed by atoms with van der Waals surface area (Å²) in [6.07, 6.45) is 1.54. The van der Waals surface area contributed by atoms with E-state index in [9.17, 15) is 4.39 Å². The Hall–Kier alpha value is -2.28. The molecule has 0 aliphatic heterocycles. The van der Waals surface area contributed by atoms with E-state index in [4.69, 9.17) is 10.3 Å². The predicted molar refractivity (Wildman–Crippen MR) is 73.8 cm³/mol. The van der Waals surface area contributed by atoms with Gasteiger partial charge in [0.15, 0.2) is 5.76 Å². The van der Waals surface area contributed by atoms with Crippen LogP contribution in [0.5, 0.6) is 0 Å². The monoisotopic (exact) mass is 290 g/mol. The molecule has 0 aliphatic rings. The number of halogens is 1. The van der Waals surface area contributed by atoms with Gasteiger partial charge in [-0.25, -0.2) is 9.07 Å². The third kappa shape index (κ3) is 2.39. The Labute approximate surface area is 118 Å². The molecule has 2 heterocycles. The molecule has 3 rings (SSSR count). The number of nitrogens with two attached hydrogens (primary N) is 1. The van der Waals surface area contributed by atoms with Crippen molar-refractivity contribution in [2.75, 3.05) is 5.84 Å². The van der Waals surface area contributed by atoms with Gasteiger partial charge in [-0.2, -0.15) is 0 Å². The van der Waals surface area contributed by atoms with Gasteiger partial charge in [0.2, 0.25) is 11.0 Å². The van der Waals surface area contributed by atoms with Gasteiger partial charge in [0.05, 0.1) is 6.26 Å². The highest BCUT2D eigenvalue weighted by atomic mass is 32.2. The summed E-state index contributed by atoms with van der Waals surface area (Å²) in [4.78, 5) is 0. The minimum atomic E-state index is -0.241. The maximum Gasteiger partial charge on any atom is 0.218 e. The number of thioether (sulfide) groups is 1. The van der Waals surface area contributed by atoms with Crippen LogP contribution in [0, 0.1) is 5.82 Å². The second kappa shape index (κ2) is 5.38. The zero-order valence-electron chi connectivity index (χ0n) is 10.4. The van der Waals surface area contributed by atoms with Crippen LogP contribution in [0.1, 0.15) is 5.56 Å². The minimum Gasteiger partial charge on any atom is -0.461 e. The number of benzene rings is 1. The maximum absolute atomic E-state index is 13.5. The van der Waals surface area contributed by atoms with Crippen molar-refractivity contribution in [3.8, 4) is 11.6 Å². The lowest BCUT2D eigenvalue weighted by Gasteiger charge is -2.03. The fourth-order valence-corrected chi connectivity index (χ4v) is 2.55. The normalized spacial score (nSPS) is 10.8. The van der Waals surface area contributed by atoms with Gasteiger partial charge in [-0.3, -0.25) is 0 Å². The molecule has 2 aromatic heterocycles. The number of hydrogen-bond acceptors (Lipinski definition) is 5. The average Bonchev–Trinajstić information content (AvgIpc) is 3.08. The average molecular weight is 290 g/mol. The highest BCUT2D eigenvalue weighted by Gasteiger charge is 2.14. The van der Waals surface area contributed by atoms with Crippen LogP contribution in [0.15, 0.2) is 52.2 Å². The number of nitrogens with zero attached hydrogens (tertiary/aromatic N) is 3. The van der Waals surface area contributed by atoms with Gasteiger partial charge in [0, 0.05) is 5.75 Å². The lowest BCUT2D eigenvalue weighted by molar-refractivity contribution is 0.574. The van der Waals surface area contributed by atoms with Crippen LogP contribution >= 0.6 is 11.8 Å². The third-order valence-electron chi connectivity index (χ3n) is 2.72. The minimum absolute atomic E-state index is 0.241. The molecule has 2 N–H and O–H groups in total. The van der Waals surface area contributed by atoms with Crippen LogP contribution in [0.3, 0.4) is 0 Å². The summed E-state index contributed by atoms with van der Waals surface area (Å²) in [5.74, 6) is 7.08. The highest BCUT2D eigenvalue weighted by Crippen LogP contribution is 2.25. The van der Waals surface area contributed by atoms with E-state index < -0.39 is 0 Å². The largest absolute Gasteiger partial charge is 0.461 e. The van der Waals surface area contributed by atoms with Crippen LogP contribution in [0.2, 0.25) is 0 Å². The summed E-state index contributed by atoms with van der Waals surface area (Å²) in [7, 11) is 0. The summed E-state index contributed by atoms with van der Waals surface area (Å²) in [6.45, 7) is 0. The summed E-state index contributed by atoms with van der Waals surface area (Å²) in [5.41, 5.74) is 0.597. The lowest BCUT2D eigenvalue weighted by atomic mass is 10.2. The topological polar surface area (TPSA) is 69.9 Å². The SMILES string of the molecule is Nn1c(SCc2ccccc2F)nnc1-c1ccco1. The molecule has 102 valence electrons. The molecule has 1 aromatic carbocycles. The first-order valence-corrected chi connectivity index (χ1v) is 6.85. The molecule has 20 heavy (non-hydrogen) atoms.